The zero-order valence-corrected chi connectivity index (χ0v) is 13.0. The molecule has 112 valence electrons. The third kappa shape index (κ3) is 3.27. The Balaban J connectivity index is 1.83. The standard InChI is InChI=1S/C15H17ClN2O2S/c16-5-11-9-21-15(17-11)12-4-2-1-3-10(12)6-18-7-13(19)14(20)8-18/h1-4,9,13-14,19-20H,5-8H2. The third-order valence-corrected chi connectivity index (χ3v) is 4.86. The van der Waals surface area contributed by atoms with Gasteiger partial charge in [-0.25, -0.2) is 4.98 Å². The van der Waals surface area contributed by atoms with Crippen molar-refractivity contribution in [2.45, 2.75) is 24.6 Å². The summed E-state index contributed by atoms with van der Waals surface area (Å²) >= 11 is 7.40. The normalized spacial score (nSPS) is 22.8. The second kappa shape index (κ2) is 6.42. The van der Waals surface area contributed by atoms with Crippen molar-refractivity contribution in [3.05, 3.63) is 40.9 Å². The fraction of sp³-hybridized carbons (Fsp3) is 0.400. The van der Waals surface area contributed by atoms with Gasteiger partial charge in [-0.2, -0.15) is 0 Å². The lowest BCUT2D eigenvalue weighted by molar-refractivity contribution is 0.0572. The van der Waals surface area contributed by atoms with E-state index >= 15 is 0 Å². The number of rotatable bonds is 4. The van der Waals surface area contributed by atoms with Crippen molar-refractivity contribution >= 4 is 22.9 Å². The van der Waals surface area contributed by atoms with Crippen LogP contribution in [-0.4, -0.2) is 45.4 Å². The molecule has 0 amide bonds. The molecular weight excluding hydrogens is 308 g/mol. The molecule has 0 radical (unpaired) electrons. The summed E-state index contributed by atoms with van der Waals surface area (Å²) in [6.45, 7) is 1.70. The molecule has 4 nitrogen and oxygen atoms in total. The molecule has 1 aromatic heterocycles. The Kier molecular flexibility index (Phi) is 4.57. The van der Waals surface area contributed by atoms with E-state index in [9.17, 15) is 10.2 Å². The summed E-state index contributed by atoms with van der Waals surface area (Å²) in [5.41, 5.74) is 3.13. The number of hydrogen-bond donors (Lipinski definition) is 2. The first-order chi connectivity index (χ1) is 10.2. The van der Waals surface area contributed by atoms with Gasteiger partial charge in [0.05, 0.1) is 23.8 Å². The maximum atomic E-state index is 9.65. The lowest BCUT2D eigenvalue weighted by Crippen LogP contribution is -2.22. The molecular formula is C15H17ClN2O2S. The van der Waals surface area contributed by atoms with Crippen molar-refractivity contribution < 1.29 is 10.2 Å². The number of hydrogen-bond acceptors (Lipinski definition) is 5. The van der Waals surface area contributed by atoms with E-state index in [0.29, 0.717) is 25.5 Å². The Morgan fingerprint density at radius 2 is 1.95 bits per heavy atom. The van der Waals surface area contributed by atoms with Gasteiger partial charge in [0.25, 0.3) is 0 Å². The maximum absolute atomic E-state index is 9.65. The fourth-order valence-electron chi connectivity index (χ4n) is 2.58. The topological polar surface area (TPSA) is 56.6 Å². The molecule has 0 bridgehead atoms. The molecule has 2 N–H and O–H groups in total. The van der Waals surface area contributed by atoms with E-state index in [1.807, 2.05) is 17.5 Å². The van der Waals surface area contributed by atoms with Crippen LogP contribution in [0.2, 0.25) is 0 Å². The Morgan fingerprint density at radius 1 is 1.24 bits per heavy atom. The quantitative estimate of drug-likeness (QED) is 0.846. The van der Waals surface area contributed by atoms with Gasteiger partial charge in [0, 0.05) is 30.6 Å². The van der Waals surface area contributed by atoms with E-state index < -0.39 is 12.2 Å². The number of halogens is 1. The van der Waals surface area contributed by atoms with Crippen LogP contribution in [0.1, 0.15) is 11.3 Å². The smallest absolute Gasteiger partial charge is 0.123 e. The van der Waals surface area contributed by atoms with Crippen LogP contribution in [0.25, 0.3) is 10.6 Å². The molecule has 1 aliphatic heterocycles. The number of likely N-dealkylation sites (tertiary alicyclic amines) is 1. The highest BCUT2D eigenvalue weighted by atomic mass is 35.5. The number of aliphatic hydroxyl groups is 2. The average molecular weight is 325 g/mol. The van der Waals surface area contributed by atoms with Gasteiger partial charge in [0.2, 0.25) is 0 Å². The minimum atomic E-state index is -0.653. The second-order valence-corrected chi connectivity index (χ2v) is 6.39. The van der Waals surface area contributed by atoms with E-state index in [4.69, 9.17) is 11.6 Å². The fourth-order valence-corrected chi connectivity index (χ4v) is 3.68. The predicted molar refractivity (Wildman–Crippen MR) is 84.4 cm³/mol. The zero-order chi connectivity index (χ0) is 14.8. The van der Waals surface area contributed by atoms with Crippen LogP contribution in [0.4, 0.5) is 0 Å². The van der Waals surface area contributed by atoms with Crippen LogP contribution >= 0.6 is 22.9 Å². The SMILES string of the molecule is OC1CN(Cc2ccccc2-c2nc(CCl)cs2)CC1O. The molecule has 0 spiro atoms. The molecule has 3 rings (SSSR count). The van der Waals surface area contributed by atoms with Crippen molar-refractivity contribution in [2.24, 2.45) is 0 Å². The average Bonchev–Trinajstić information content (AvgIpc) is 3.07. The molecule has 1 fully saturated rings. The van der Waals surface area contributed by atoms with Gasteiger partial charge in [0.1, 0.15) is 5.01 Å². The third-order valence-electron chi connectivity index (χ3n) is 3.67. The lowest BCUT2D eigenvalue weighted by atomic mass is 10.1. The first-order valence-corrected chi connectivity index (χ1v) is 8.26. The van der Waals surface area contributed by atoms with Gasteiger partial charge >= 0.3 is 0 Å². The molecule has 1 aromatic carbocycles. The molecule has 1 aliphatic rings. The molecule has 2 aromatic rings. The molecule has 0 saturated carbocycles. The van der Waals surface area contributed by atoms with Crippen LogP contribution in [0.15, 0.2) is 29.6 Å². The highest BCUT2D eigenvalue weighted by Crippen LogP contribution is 2.29. The second-order valence-electron chi connectivity index (χ2n) is 5.26. The monoisotopic (exact) mass is 324 g/mol. The molecule has 6 heteroatoms. The molecule has 2 unspecified atom stereocenters. The van der Waals surface area contributed by atoms with Crippen molar-refractivity contribution in [3.8, 4) is 10.6 Å². The van der Waals surface area contributed by atoms with Crippen LogP contribution in [-0.2, 0) is 12.4 Å². The van der Waals surface area contributed by atoms with E-state index in [2.05, 4.69) is 22.0 Å². The minimum absolute atomic E-state index is 0.420. The summed E-state index contributed by atoms with van der Waals surface area (Å²) in [4.78, 5) is 6.59. The molecule has 0 aliphatic carbocycles. The van der Waals surface area contributed by atoms with Gasteiger partial charge in [-0.1, -0.05) is 24.3 Å². The first-order valence-electron chi connectivity index (χ1n) is 6.84. The van der Waals surface area contributed by atoms with Gasteiger partial charge in [-0.15, -0.1) is 22.9 Å². The Hall–Kier alpha value is -0.980. The minimum Gasteiger partial charge on any atom is -0.389 e. The van der Waals surface area contributed by atoms with Crippen molar-refractivity contribution in [3.63, 3.8) is 0 Å². The van der Waals surface area contributed by atoms with Gasteiger partial charge < -0.3 is 10.2 Å². The summed E-state index contributed by atoms with van der Waals surface area (Å²) in [7, 11) is 0. The number of thiazole rings is 1. The summed E-state index contributed by atoms with van der Waals surface area (Å²) < 4.78 is 0. The van der Waals surface area contributed by atoms with E-state index in [1.54, 1.807) is 11.3 Å². The summed E-state index contributed by atoms with van der Waals surface area (Å²) in [6.07, 6.45) is -1.31. The molecule has 2 atom stereocenters. The van der Waals surface area contributed by atoms with Gasteiger partial charge in [-0.3, -0.25) is 4.90 Å². The van der Waals surface area contributed by atoms with Crippen LogP contribution in [0.5, 0.6) is 0 Å². The van der Waals surface area contributed by atoms with Crippen molar-refractivity contribution in [1.29, 1.82) is 0 Å². The van der Waals surface area contributed by atoms with E-state index in [0.717, 1.165) is 21.8 Å². The Bertz CT molecular complexity index is 609. The van der Waals surface area contributed by atoms with Crippen LogP contribution < -0.4 is 0 Å². The molecule has 21 heavy (non-hydrogen) atoms. The number of alkyl halides is 1. The van der Waals surface area contributed by atoms with E-state index in [-0.39, 0.29) is 0 Å². The number of aliphatic hydroxyl groups excluding tert-OH is 2. The largest absolute Gasteiger partial charge is 0.389 e. The predicted octanol–water partition coefficient (Wildman–Crippen LogP) is 2.09. The van der Waals surface area contributed by atoms with Crippen LogP contribution in [0, 0.1) is 0 Å². The van der Waals surface area contributed by atoms with Crippen LogP contribution in [0.3, 0.4) is 0 Å². The van der Waals surface area contributed by atoms with Gasteiger partial charge in [0.15, 0.2) is 0 Å². The van der Waals surface area contributed by atoms with Crippen molar-refractivity contribution in [2.75, 3.05) is 13.1 Å². The maximum Gasteiger partial charge on any atom is 0.123 e. The lowest BCUT2D eigenvalue weighted by Gasteiger charge is -2.16. The summed E-state index contributed by atoms with van der Waals surface area (Å²) in [6, 6.07) is 8.11. The number of β-amino-alcohol motifs (C(OH)–C–C–N with tert-alkyl or cyclic N) is 2. The molecule has 2 heterocycles. The van der Waals surface area contributed by atoms with E-state index in [1.165, 1.54) is 0 Å². The highest BCUT2D eigenvalue weighted by molar-refractivity contribution is 7.13. The Morgan fingerprint density at radius 3 is 2.62 bits per heavy atom. The number of benzene rings is 1. The van der Waals surface area contributed by atoms with Crippen molar-refractivity contribution in [1.82, 2.24) is 9.88 Å². The Labute approximate surface area is 132 Å². The number of aromatic nitrogens is 1. The summed E-state index contributed by atoms with van der Waals surface area (Å²) in [5.74, 6) is 0.420. The zero-order valence-electron chi connectivity index (χ0n) is 11.4. The number of nitrogens with zero attached hydrogens (tertiary/aromatic N) is 2. The summed E-state index contributed by atoms with van der Waals surface area (Å²) in [5, 5.41) is 22.2. The first kappa shape index (κ1) is 14.9. The molecule has 1 saturated heterocycles. The highest BCUT2D eigenvalue weighted by Gasteiger charge is 2.29. The van der Waals surface area contributed by atoms with Gasteiger partial charge in [-0.05, 0) is 5.56 Å².